The lowest BCUT2D eigenvalue weighted by atomic mass is 9.49. The molecule has 4 saturated carbocycles. The van der Waals surface area contributed by atoms with Crippen LogP contribution in [-0.2, 0) is 4.74 Å². The van der Waals surface area contributed by atoms with Gasteiger partial charge < -0.3 is 15.0 Å². The van der Waals surface area contributed by atoms with Gasteiger partial charge in [-0.15, -0.1) is 0 Å². The van der Waals surface area contributed by atoms with Crippen molar-refractivity contribution in [3.05, 3.63) is 35.7 Å². The molecule has 5 aliphatic rings. The largest absolute Gasteiger partial charge is 0.378 e. The number of ether oxygens (including phenoxy) is 1. The number of carbonyl (C=O) groups excluding carboxylic acids is 2. The van der Waals surface area contributed by atoms with Crippen LogP contribution in [-0.4, -0.2) is 59.2 Å². The lowest BCUT2D eigenvalue weighted by Crippen LogP contribution is -2.51. The zero-order valence-electron chi connectivity index (χ0n) is 17.9. The van der Waals surface area contributed by atoms with Gasteiger partial charge in [0.05, 0.1) is 24.3 Å². The standard InChI is InChI=1S/C24H30N4O3/c29-22(25-15-24-12-16-8-17(13-24)10-18(9-16)14-24)19-2-1-3-28-21(19)11-20(26-28)23(30)27-4-6-31-7-5-27/h1-3,11,16-18H,4-10,12-15H2,(H,25,29). The summed E-state index contributed by atoms with van der Waals surface area (Å²) in [4.78, 5) is 27.8. The van der Waals surface area contributed by atoms with Gasteiger partial charge in [0, 0.05) is 25.8 Å². The first-order chi connectivity index (χ1) is 15.1. The number of hydrogen-bond acceptors (Lipinski definition) is 4. The van der Waals surface area contributed by atoms with Crippen molar-refractivity contribution < 1.29 is 14.3 Å². The van der Waals surface area contributed by atoms with E-state index in [9.17, 15) is 9.59 Å². The molecule has 5 fully saturated rings. The van der Waals surface area contributed by atoms with Crippen molar-refractivity contribution in [2.75, 3.05) is 32.8 Å². The summed E-state index contributed by atoms with van der Waals surface area (Å²) in [5.41, 5.74) is 1.94. The number of fused-ring (bicyclic) bond motifs is 1. The summed E-state index contributed by atoms with van der Waals surface area (Å²) in [6.07, 6.45) is 9.82. The highest BCUT2D eigenvalue weighted by molar-refractivity contribution is 6.02. The maximum absolute atomic E-state index is 13.2. The first-order valence-corrected chi connectivity index (χ1v) is 11.7. The lowest BCUT2D eigenvalue weighted by Gasteiger charge is -2.56. The first-order valence-electron chi connectivity index (χ1n) is 11.7. The van der Waals surface area contributed by atoms with E-state index in [0.29, 0.717) is 48.5 Å². The van der Waals surface area contributed by atoms with Crippen molar-refractivity contribution in [1.82, 2.24) is 19.8 Å². The van der Waals surface area contributed by atoms with Gasteiger partial charge in [0.2, 0.25) is 0 Å². The van der Waals surface area contributed by atoms with Gasteiger partial charge in [0.25, 0.3) is 11.8 Å². The second kappa shape index (κ2) is 7.33. The Morgan fingerprint density at radius 1 is 1.10 bits per heavy atom. The van der Waals surface area contributed by atoms with Crippen molar-refractivity contribution in [3.8, 4) is 0 Å². The van der Waals surface area contributed by atoms with Crippen molar-refractivity contribution >= 4 is 17.3 Å². The molecule has 4 bridgehead atoms. The van der Waals surface area contributed by atoms with Crippen molar-refractivity contribution in [2.24, 2.45) is 23.2 Å². The van der Waals surface area contributed by atoms with Crippen molar-refractivity contribution in [2.45, 2.75) is 38.5 Å². The van der Waals surface area contributed by atoms with E-state index in [1.807, 2.05) is 12.1 Å². The fourth-order valence-electron chi connectivity index (χ4n) is 7.11. The molecule has 0 radical (unpaired) electrons. The van der Waals surface area contributed by atoms with Gasteiger partial charge in [-0.05, 0) is 79.9 Å². The Balaban J connectivity index is 1.20. The molecule has 7 heteroatoms. The number of amides is 2. The van der Waals surface area contributed by atoms with Gasteiger partial charge in [0.15, 0.2) is 5.69 Å². The highest BCUT2D eigenvalue weighted by atomic mass is 16.5. The Kier molecular flexibility index (Phi) is 4.56. The highest BCUT2D eigenvalue weighted by Crippen LogP contribution is 2.59. The number of rotatable bonds is 4. The molecule has 0 spiro atoms. The normalized spacial score (nSPS) is 31.9. The second-order valence-electron chi connectivity index (χ2n) is 10.3. The van der Waals surface area contributed by atoms with Gasteiger partial charge in [-0.3, -0.25) is 9.59 Å². The van der Waals surface area contributed by atoms with E-state index < -0.39 is 0 Å². The number of morpholine rings is 1. The Bertz CT molecular complexity index is 988. The van der Waals surface area contributed by atoms with E-state index in [2.05, 4.69) is 10.4 Å². The summed E-state index contributed by atoms with van der Waals surface area (Å²) in [6.45, 7) is 3.02. The molecule has 0 atom stereocenters. The van der Waals surface area contributed by atoms with Gasteiger partial charge in [0.1, 0.15) is 0 Å². The fourth-order valence-corrected chi connectivity index (χ4v) is 7.11. The van der Waals surface area contributed by atoms with E-state index >= 15 is 0 Å². The number of nitrogens with zero attached hydrogens (tertiary/aromatic N) is 3. The predicted molar refractivity (Wildman–Crippen MR) is 115 cm³/mol. The molecule has 1 N–H and O–H groups in total. The van der Waals surface area contributed by atoms with Gasteiger partial charge in [-0.2, -0.15) is 5.10 Å². The Morgan fingerprint density at radius 2 is 1.77 bits per heavy atom. The molecule has 31 heavy (non-hydrogen) atoms. The smallest absolute Gasteiger partial charge is 0.274 e. The molecule has 3 heterocycles. The molecular formula is C24H30N4O3. The maximum atomic E-state index is 13.2. The Morgan fingerprint density at radius 3 is 2.45 bits per heavy atom. The van der Waals surface area contributed by atoms with Crippen LogP contribution >= 0.6 is 0 Å². The summed E-state index contributed by atoms with van der Waals surface area (Å²) in [7, 11) is 0. The molecule has 2 aromatic heterocycles. The summed E-state index contributed by atoms with van der Waals surface area (Å²) >= 11 is 0. The van der Waals surface area contributed by atoms with E-state index in [4.69, 9.17) is 4.74 Å². The predicted octanol–water partition coefficient (Wildman–Crippen LogP) is 2.75. The molecule has 7 rings (SSSR count). The summed E-state index contributed by atoms with van der Waals surface area (Å²) < 4.78 is 6.98. The van der Waals surface area contributed by atoms with Crippen LogP contribution in [0.1, 0.15) is 59.4 Å². The highest BCUT2D eigenvalue weighted by Gasteiger charge is 2.50. The topological polar surface area (TPSA) is 75.9 Å². The van der Waals surface area contributed by atoms with E-state index in [1.165, 1.54) is 38.5 Å². The van der Waals surface area contributed by atoms with Crippen molar-refractivity contribution in [1.29, 1.82) is 0 Å². The minimum atomic E-state index is -0.105. The van der Waals surface area contributed by atoms with Gasteiger partial charge in [-0.25, -0.2) is 4.52 Å². The summed E-state index contributed by atoms with van der Waals surface area (Å²) in [5, 5.41) is 7.71. The Hall–Kier alpha value is -2.41. The van der Waals surface area contributed by atoms with E-state index in [1.54, 1.807) is 21.7 Å². The van der Waals surface area contributed by atoms with Crippen LogP contribution in [0.5, 0.6) is 0 Å². The molecule has 0 unspecified atom stereocenters. The molecule has 0 aromatic carbocycles. The zero-order chi connectivity index (χ0) is 21.0. The molecule has 7 nitrogen and oxygen atoms in total. The lowest BCUT2D eigenvalue weighted by molar-refractivity contribution is -0.0503. The van der Waals surface area contributed by atoms with Crippen molar-refractivity contribution in [3.63, 3.8) is 0 Å². The average molecular weight is 423 g/mol. The number of carbonyl (C=O) groups is 2. The van der Waals surface area contributed by atoms with E-state index in [0.717, 1.165) is 24.3 Å². The summed E-state index contributed by atoms with van der Waals surface area (Å²) in [6, 6.07) is 5.40. The van der Waals surface area contributed by atoms with Crippen LogP contribution in [0.3, 0.4) is 0 Å². The summed E-state index contributed by atoms with van der Waals surface area (Å²) in [5.74, 6) is 2.44. The molecule has 2 amide bonds. The fraction of sp³-hybridized carbons (Fsp3) is 0.625. The third-order valence-electron chi connectivity index (χ3n) is 8.05. The molecule has 4 aliphatic carbocycles. The van der Waals surface area contributed by atoms with Crippen LogP contribution in [0, 0.1) is 23.2 Å². The third kappa shape index (κ3) is 3.43. The molecule has 1 saturated heterocycles. The Labute approximate surface area is 182 Å². The number of aromatic nitrogens is 2. The third-order valence-corrected chi connectivity index (χ3v) is 8.05. The first kappa shape index (κ1) is 19.3. The van der Waals surface area contributed by atoms with Crippen LogP contribution in [0.2, 0.25) is 0 Å². The zero-order valence-corrected chi connectivity index (χ0v) is 17.9. The molecule has 1 aliphatic heterocycles. The number of hydrogen-bond donors (Lipinski definition) is 1. The quantitative estimate of drug-likeness (QED) is 0.822. The van der Waals surface area contributed by atoms with Crippen LogP contribution in [0.15, 0.2) is 24.4 Å². The van der Waals surface area contributed by atoms with E-state index in [-0.39, 0.29) is 11.8 Å². The number of pyridine rings is 1. The minimum absolute atomic E-state index is 0.0633. The average Bonchev–Trinajstić information content (AvgIpc) is 3.21. The minimum Gasteiger partial charge on any atom is -0.378 e. The van der Waals surface area contributed by atoms with Gasteiger partial charge >= 0.3 is 0 Å². The monoisotopic (exact) mass is 422 g/mol. The molecule has 164 valence electrons. The van der Waals surface area contributed by atoms with Crippen LogP contribution < -0.4 is 5.32 Å². The van der Waals surface area contributed by atoms with Crippen LogP contribution in [0.25, 0.3) is 5.52 Å². The SMILES string of the molecule is O=C(NCC12CC3CC(CC(C3)C1)C2)c1cccn2nc(C(=O)N3CCOCC3)cc12. The van der Waals surface area contributed by atoms with Crippen LogP contribution in [0.4, 0.5) is 0 Å². The molecular weight excluding hydrogens is 392 g/mol. The second-order valence-corrected chi connectivity index (χ2v) is 10.3. The number of nitrogens with one attached hydrogen (secondary N) is 1. The maximum Gasteiger partial charge on any atom is 0.274 e. The van der Waals surface area contributed by atoms with Gasteiger partial charge in [-0.1, -0.05) is 0 Å². The molecule has 2 aromatic rings.